The molecular formula is C17H20O3. The molecule has 0 saturated heterocycles. The van der Waals surface area contributed by atoms with Crippen LogP contribution in [0.3, 0.4) is 0 Å². The molecule has 0 spiro atoms. The fourth-order valence-electron chi connectivity index (χ4n) is 2.43. The van der Waals surface area contributed by atoms with E-state index >= 15 is 0 Å². The summed E-state index contributed by atoms with van der Waals surface area (Å²) in [6.45, 7) is 4.23. The molecule has 0 aliphatic carbocycles. The first kappa shape index (κ1) is 14.4. The molecule has 0 fully saturated rings. The lowest BCUT2D eigenvalue weighted by molar-refractivity contribution is 0.0525. The van der Waals surface area contributed by atoms with Crippen LogP contribution in [-0.2, 0) is 11.2 Å². The molecule has 0 aliphatic heterocycles. The Labute approximate surface area is 119 Å². The molecule has 3 heteroatoms. The number of carbonyl (C=O) groups is 1. The van der Waals surface area contributed by atoms with Gasteiger partial charge >= 0.3 is 5.97 Å². The number of phenols is 1. The predicted molar refractivity (Wildman–Crippen MR) is 80.2 cm³/mol. The molecule has 0 aromatic heterocycles. The number of ether oxygens (including phenoxy) is 1. The van der Waals surface area contributed by atoms with Gasteiger partial charge in [0.15, 0.2) is 0 Å². The average molecular weight is 272 g/mol. The summed E-state index contributed by atoms with van der Waals surface area (Å²) in [6.07, 6.45) is 2.87. The Hall–Kier alpha value is -2.03. The second-order valence-electron chi connectivity index (χ2n) is 4.79. The lowest BCUT2D eigenvalue weighted by Crippen LogP contribution is -2.09. The fraction of sp³-hybridized carbons (Fsp3) is 0.353. The lowest BCUT2D eigenvalue weighted by atomic mass is 9.94. The van der Waals surface area contributed by atoms with E-state index in [9.17, 15) is 9.90 Å². The van der Waals surface area contributed by atoms with Crippen LogP contribution in [0.5, 0.6) is 5.75 Å². The number of hydrogen-bond acceptors (Lipinski definition) is 3. The Balaban J connectivity index is 2.62. The Morgan fingerprint density at radius 3 is 2.55 bits per heavy atom. The molecule has 0 radical (unpaired) electrons. The van der Waals surface area contributed by atoms with Crippen LogP contribution >= 0.6 is 0 Å². The van der Waals surface area contributed by atoms with Crippen LogP contribution in [0.25, 0.3) is 10.8 Å². The quantitative estimate of drug-likeness (QED) is 0.835. The van der Waals surface area contributed by atoms with Crippen molar-refractivity contribution >= 4 is 16.7 Å². The Bertz CT molecular complexity index is 617. The van der Waals surface area contributed by atoms with Crippen molar-refractivity contribution in [2.75, 3.05) is 6.61 Å². The second-order valence-corrected chi connectivity index (χ2v) is 4.79. The molecule has 0 aliphatic rings. The summed E-state index contributed by atoms with van der Waals surface area (Å²) >= 11 is 0. The van der Waals surface area contributed by atoms with Crippen molar-refractivity contribution in [3.63, 3.8) is 0 Å². The first-order valence-electron chi connectivity index (χ1n) is 7.09. The third-order valence-electron chi connectivity index (χ3n) is 3.41. The van der Waals surface area contributed by atoms with Gasteiger partial charge in [-0.3, -0.25) is 0 Å². The van der Waals surface area contributed by atoms with Crippen LogP contribution in [0.1, 0.15) is 42.6 Å². The molecule has 2 aromatic rings. The molecule has 0 heterocycles. The maximum Gasteiger partial charge on any atom is 0.338 e. The third-order valence-corrected chi connectivity index (χ3v) is 3.41. The maximum absolute atomic E-state index is 12.1. The number of aromatic hydroxyl groups is 1. The molecule has 2 aromatic carbocycles. The lowest BCUT2D eigenvalue weighted by Gasteiger charge is -2.13. The van der Waals surface area contributed by atoms with Crippen LogP contribution < -0.4 is 0 Å². The van der Waals surface area contributed by atoms with Crippen LogP contribution in [-0.4, -0.2) is 17.7 Å². The Kier molecular flexibility index (Phi) is 4.61. The van der Waals surface area contributed by atoms with E-state index in [1.54, 1.807) is 6.92 Å². The van der Waals surface area contributed by atoms with Gasteiger partial charge in [0.05, 0.1) is 12.2 Å². The molecule has 0 atom stereocenters. The van der Waals surface area contributed by atoms with Gasteiger partial charge < -0.3 is 9.84 Å². The van der Waals surface area contributed by atoms with Crippen LogP contribution in [0.2, 0.25) is 0 Å². The van der Waals surface area contributed by atoms with E-state index in [1.165, 1.54) is 6.07 Å². The van der Waals surface area contributed by atoms with Crippen molar-refractivity contribution in [3.8, 4) is 5.75 Å². The number of esters is 1. The zero-order chi connectivity index (χ0) is 14.5. The molecule has 0 unspecified atom stereocenters. The van der Waals surface area contributed by atoms with Crippen molar-refractivity contribution in [1.82, 2.24) is 0 Å². The molecule has 0 saturated carbocycles. The van der Waals surface area contributed by atoms with Crippen molar-refractivity contribution < 1.29 is 14.6 Å². The minimum absolute atomic E-state index is 0.129. The average Bonchev–Trinajstić information content (AvgIpc) is 2.46. The summed E-state index contributed by atoms with van der Waals surface area (Å²) < 4.78 is 5.10. The fourth-order valence-corrected chi connectivity index (χ4v) is 2.43. The van der Waals surface area contributed by atoms with E-state index in [2.05, 4.69) is 6.92 Å². The van der Waals surface area contributed by atoms with Crippen molar-refractivity contribution in [1.29, 1.82) is 0 Å². The maximum atomic E-state index is 12.1. The van der Waals surface area contributed by atoms with Crippen LogP contribution in [0.4, 0.5) is 0 Å². The minimum Gasteiger partial charge on any atom is -0.507 e. The van der Waals surface area contributed by atoms with Gasteiger partial charge in [0, 0.05) is 5.39 Å². The molecule has 3 nitrogen and oxygen atoms in total. The van der Waals surface area contributed by atoms with Crippen molar-refractivity contribution in [2.24, 2.45) is 0 Å². The highest BCUT2D eigenvalue weighted by Gasteiger charge is 2.17. The van der Waals surface area contributed by atoms with Gasteiger partial charge in [-0.25, -0.2) is 4.79 Å². The topological polar surface area (TPSA) is 46.5 Å². The monoisotopic (exact) mass is 272 g/mol. The summed E-state index contributed by atoms with van der Waals surface area (Å²) in [5, 5.41) is 11.8. The smallest absolute Gasteiger partial charge is 0.338 e. The number of phenolic OH excluding ortho intramolecular Hbond substituents is 1. The number of rotatable bonds is 5. The van der Waals surface area contributed by atoms with Gasteiger partial charge in [0.25, 0.3) is 0 Å². The van der Waals surface area contributed by atoms with Gasteiger partial charge in [0.2, 0.25) is 0 Å². The van der Waals surface area contributed by atoms with E-state index in [-0.39, 0.29) is 11.7 Å². The minimum atomic E-state index is -0.361. The van der Waals surface area contributed by atoms with Crippen molar-refractivity contribution in [2.45, 2.75) is 33.1 Å². The highest BCUT2D eigenvalue weighted by molar-refractivity contribution is 6.01. The number of benzene rings is 2. The van der Waals surface area contributed by atoms with E-state index < -0.39 is 0 Å². The second kappa shape index (κ2) is 6.42. The van der Waals surface area contributed by atoms with Crippen LogP contribution in [0.15, 0.2) is 30.3 Å². The molecular weight excluding hydrogens is 252 g/mol. The SMILES string of the molecule is CCCCc1c(C(=O)OCC)cc(O)c2ccccc12. The number of hydrogen-bond donors (Lipinski definition) is 1. The van der Waals surface area contributed by atoms with Gasteiger partial charge in [-0.05, 0) is 36.8 Å². The Morgan fingerprint density at radius 1 is 1.20 bits per heavy atom. The van der Waals surface area contributed by atoms with Gasteiger partial charge in [-0.15, -0.1) is 0 Å². The number of aryl methyl sites for hydroxylation is 1. The van der Waals surface area contributed by atoms with E-state index in [0.29, 0.717) is 12.2 Å². The predicted octanol–water partition coefficient (Wildman–Crippen LogP) is 4.06. The normalized spacial score (nSPS) is 10.7. The molecule has 20 heavy (non-hydrogen) atoms. The van der Waals surface area contributed by atoms with Gasteiger partial charge in [-0.1, -0.05) is 37.6 Å². The summed E-state index contributed by atoms with van der Waals surface area (Å²) in [5.41, 5.74) is 1.45. The Morgan fingerprint density at radius 2 is 1.90 bits per heavy atom. The van der Waals surface area contributed by atoms with Crippen molar-refractivity contribution in [3.05, 3.63) is 41.5 Å². The van der Waals surface area contributed by atoms with E-state index in [0.717, 1.165) is 35.6 Å². The molecule has 1 N–H and O–H groups in total. The molecule has 2 rings (SSSR count). The van der Waals surface area contributed by atoms with E-state index in [1.807, 2.05) is 24.3 Å². The van der Waals surface area contributed by atoms with Gasteiger partial charge in [0.1, 0.15) is 5.75 Å². The number of fused-ring (bicyclic) bond motifs is 1. The molecule has 106 valence electrons. The standard InChI is InChI=1S/C17H20O3/c1-3-5-8-13-12-9-6-7-10-14(12)16(18)11-15(13)17(19)20-4-2/h6-7,9-11,18H,3-5,8H2,1-2H3. The zero-order valence-electron chi connectivity index (χ0n) is 12.0. The summed E-state index contributed by atoms with van der Waals surface area (Å²) in [4.78, 5) is 12.1. The summed E-state index contributed by atoms with van der Waals surface area (Å²) in [6, 6.07) is 9.16. The molecule has 0 amide bonds. The van der Waals surface area contributed by atoms with E-state index in [4.69, 9.17) is 4.74 Å². The third kappa shape index (κ3) is 2.77. The zero-order valence-corrected chi connectivity index (χ0v) is 12.0. The summed E-state index contributed by atoms with van der Waals surface area (Å²) in [5.74, 6) is -0.233. The first-order valence-corrected chi connectivity index (χ1v) is 7.09. The largest absolute Gasteiger partial charge is 0.507 e. The number of carbonyl (C=O) groups excluding carboxylic acids is 1. The molecule has 0 bridgehead atoms. The van der Waals surface area contributed by atoms with Crippen LogP contribution in [0, 0.1) is 0 Å². The first-order chi connectivity index (χ1) is 9.69. The highest BCUT2D eigenvalue weighted by Crippen LogP contribution is 2.32. The highest BCUT2D eigenvalue weighted by atomic mass is 16.5. The number of unbranched alkanes of at least 4 members (excludes halogenated alkanes) is 1. The van der Waals surface area contributed by atoms with Gasteiger partial charge in [-0.2, -0.15) is 0 Å². The summed E-state index contributed by atoms with van der Waals surface area (Å²) in [7, 11) is 0.